The first-order chi connectivity index (χ1) is 12.8. The van der Waals surface area contributed by atoms with Crippen LogP contribution in [0.1, 0.15) is 32.3 Å². The van der Waals surface area contributed by atoms with E-state index in [9.17, 15) is 13.2 Å². The Morgan fingerprint density at radius 1 is 1.30 bits per heavy atom. The number of nitrogens with one attached hydrogen (secondary N) is 2. The summed E-state index contributed by atoms with van der Waals surface area (Å²) in [6.45, 7) is 5.70. The first-order valence-electron chi connectivity index (χ1n) is 9.26. The highest BCUT2D eigenvalue weighted by Crippen LogP contribution is 2.19. The lowest BCUT2D eigenvalue weighted by atomic mass is 10.0. The number of likely N-dealkylation sites (tertiary alicyclic amines) is 1. The molecular formula is C19H29F3N4O. The van der Waals surface area contributed by atoms with E-state index in [0.29, 0.717) is 24.6 Å². The number of alkyl halides is 3. The molecule has 0 saturated carbocycles. The minimum atomic E-state index is -4.34. The van der Waals surface area contributed by atoms with E-state index >= 15 is 0 Å². The molecule has 0 aliphatic carbocycles. The smallest absolute Gasteiger partial charge is 0.422 e. The molecule has 1 fully saturated rings. The average molecular weight is 386 g/mol. The second-order valence-electron chi connectivity index (χ2n) is 7.03. The highest BCUT2D eigenvalue weighted by Gasteiger charge is 2.28. The minimum absolute atomic E-state index is 0.204. The van der Waals surface area contributed by atoms with Gasteiger partial charge in [0.25, 0.3) is 0 Å². The van der Waals surface area contributed by atoms with Crippen LogP contribution in [0.15, 0.2) is 29.3 Å². The SMILES string of the molecule is CN=C(NCc1cccc(OCC(F)(F)F)c1)NC1CCN(C(C)C)CC1. The summed E-state index contributed by atoms with van der Waals surface area (Å²) in [5.74, 6) is 0.898. The van der Waals surface area contributed by atoms with Crippen molar-refractivity contribution in [2.24, 2.45) is 4.99 Å². The van der Waals surface area contributed by atoms with Crippen LogP contribution in [0.2, 0.25) is 0 Å². The number of ether oxygens (including phenoxy) is 1. The van der Waals surface area contributed by atoms with Gasteiger partial charge in [0, 0.05) is 38.8 Å². The highest BCUT2D eigenvalue weighted by molar-refractivity contribution is 5.79. The van der Waals surface area contributed by atoms with Gasteiger partial charge in [0.1, 0.15) is 5.75 Å². The monoisotopic (exact) mass is 386 g/mol. The molecule has 1 aliphatic heterocycles. The second-order valence-corrected chi connectivity index (χ2v) is 7.03. The topological polar surface area (TPSA) is 48.9 Å². The van der Waals surface area contributed by atoms with Crippen LogP contribution >= 0.6 is 0 Å². The molecule has 1 heterocycles. The van der Waals surface area contributed by atoms with Gasteiger partial charge in [-0.1, -0.05) is 12.1 Å². The second kappa shape index (κ2) is 9.82. The molecule has 1 aliphatic rings. The summed E-state index contributed by atoms with van der Waals surface area (Å²) in [5, 5.41) is 6.64. The summed E-state index contributed by atoms with van der Waals surface area (Å²) in [6.07, 6.45) is -2.23. The third kappa shape index (κ3) is 7.66. The molecule has 0 bridgehead atoms. The number of piperidine rings is 1. The summed E-state index contributed by atoms with van der Waals surface area (Å²) in [6, 6.07) is 7.57. The van der Waals surface area contributed by atoms with Gasteiger partial charge >= 0.3 is 6.18 Å². The van der Waals surface area contributed by atoms with Gasteiger partial charge in [-0.25, -0.2) is 0 Å². The van der Waals surface area contributed by atoms with Gasteiger partial charge in [0.2, 0.25) is 0 Å². The van der Waals surface area contributed by atoms with Crippen molar-refractivity contribution in [1.29, 1.82) is 0 Å². The molecule has 1 aromatic carbocycles. The number of hydrogen-bond acceptors (Lipinski definition) is 3. The van der Waals surface area contributed by atoms with E-state index in [-0.39, 0.29) is 5.75 Å². The zero-order valence-corrected chi connectivity index (χ0v) is 16.1. The molecule has 27 heavy (non-hydrogen) atoms. The lowest BCUT2D eigenvalue weighted by molar-refractivity contribution is -0.153. The van der Waals surface area contributed by atoms with Crippen molar-refractivity contribution in [3.63, 3.8) is 0 Å². The normalized spacial score (nSPS) is 17.2. The van der Waals surface area contributed by atoms with Crippen molar-refractivity contribution < 1.29 is 17.9 Å². The Kier molecular flexibility index (Phi) is 7.77. The molecule has 1 aromatic rings. The molecule has 2 N–H and O–H groups in total. The van der Waals surface area contributed by atoms with Crippen LogP contribution in [0, 0.1) is 0 Å². The molecule has 2 rings (SSSR count). The number of halogens is 3. The largest absolute Gasteiger partial charge is 0.484 e. The van der Waals surface area contributed by atoms with Gasteiger partial charge < -0.3 is 20.3 Å². The number of aliphatic imine (C=N–C) groups is 1. The van der Waals surface area contributed by atoms with E-state index in [2.05, 4.69) is 34.4 Å². The lowest BCUT2D eigenvalue weighted by Crippen LogP contribution is -2.49. The maximum atomic E-state index is 12.3. The van der Waals surface area contributed by atoms with Crippen molar-refractivity contribution in [1.82, 2.24) is 15.5 Å². The summed E-state index contributed by atoms with van der Waals surface area (Å²) in [5.41, 5.74) is 0.826. The van der Waals surface area contributed by atoms with E-state index in [1.807, 2.05) is 6.07 Å². The van der Waals surface area contributed by atoms with Crippen LogP contribution in [-0.2, 0) is 6.54 Å². The predicted octanol–water partition coefficient (Wildman–Crippen LogP) is 3.17. The number of nitrogens with zero attached hydrogens (tertiary/aromatic N) is 2. The lowest BCUT2D eigenvalue weighted by Gasteiger charge is -2.35. The zero-order chi connectivity index (χ0) is 19.9. The molecule has 0 aromatic heterocycles. The van der Waals surface area contributed by atoms with E-state index in [1.54, 1.807) is 19.2 Å². The number of benzene rings is 1. The van der Waals surface area contributed by atoms with Crippen LogP contribution in [-0.4, -0.2) is 55.9 Å². The number of guanidine groups is 1. The number of rotatable bonds is 6. The molecule has 0 atom stereocenters. The first kappa shape index (κ1) is 21.3. The van der Waals surface area contributed by atoms with Crippen LogP contribution in [0.4, 0.5) is 13.2 Å². The Hall–Kier alpha value is -1.96. The average Bonchev–Trinajstić information content (AvgIpc) is 2.63. The van der Waals surface area contributed by atoms with E-state index in [4.69, 9.17) is 4.74 Å². The Morgan fingerprint density at radius 3 is 2.59 bits per heavy atom. The standard InChI is InChI=1S/C19H29F3N4O/c1-14(2)26-9-7-16(8-10-26)25-18(23-3)24-12-15-5-4-6-17(11-15)27-13-19(20,21)22/h4-6,11,14,16H,7-10,12-13H2,1-3H3,(H2,23,24,25). The summed E-state index contributed by atoms with van der Waals surface area (Å²) in [7, 11) is 1.71. The Morgan fingerprint density at radius 2 is 2.00 bits per heavy atom. The third-order valence-electron chi connectivity index (χ3n) is 4.59. The molecule has 0 unspecified atom stereocenters. The van der Waals surface area contributed by atoms with E-state index in [1.165, 1.54) is 6.07 Å². The van der Waals surface area contributed by atoms with Gasteiger partial charge in [0.15, 0.2) is 12.6 Å². The van der Waals surface area contributed by atoms with Crippen molar-refractivity contribution in [3.05, 3.63) is 29.8 Å². The van der Waals surface area contributed by atoms with Crippen LogP contribution in [0.3, 0.4) is 0 Å². The van der Waals surface area contributed by atoms with Crippen LogP contribution in [0.25, 0.3) is 0 Å². The molecule has 8 heteroatoms. The van der Waals surface area contributed by atoms with Crippen molar-refractivity contribution in [2.45, 2.75) is 51.5 Å². The molecule has 5 nitrogen and oxygen atoms in total. The van der Waals surface area contributed by atoms with Gasteiger partial charge in [-0.2, -0.15) is 13.2 Å². The molecule has 0 amide bonds. The Labute approximate surface area is 159 Å². The van der Waals surface area contributed by atoms with E-state index in [0.717, 1.165) is 31.5 Å². The number of hydrogen-bond donors (Lipinski definition) is 2. The first-order valence-corrected chi connectivity index (χ1v) is 9.26. The molecular weight excluding hydrogens is 357 g/mol. The Bertz CT molecular complexity index is 611. The minimum Gasteiger partial charge on any atom is -0.484 e. The summed E-state index contributed by atoms with van der Waals surface area (Å²) < 4.78 is 41.6. The summed E-state index contributed by atoms with van der Waals surface area (Å²) >= 11 is 0. The predicted molar refractivity (Wildman–Crippen MR) is 101 cm³/mol. The van der Waals surface area contributed by atoms with Crippen molar-refractivity contribution in [2.75, 3.05) is 26.7 Å². The van der Waals surface area contributed by atoms with Gasteiger partial charge in [-0.05, 0) is 44.4 Å². The van der Waals surface area contributed by atoms with Crippen LogP contribution < -0.4 is 15.4 Å². The van der Waals surface area contributed by atoms with E-state index < -0.39 is 12.8 Å². The van der Waals surface area contributed by atoms with Crippen molar-refractivity contribution >= 4 is 5.96 Å². The quantitative estimate of drug-likeness (QED) is 0.583. The third-order valence-corrected chi connectivity index (χ3v) is 4.59. The molecule has 0 radical (unpaired) electrons. The summed E-state index contributed by atoms with van der Waals surface area (Å²) in [4.78, 5) is 6.70. The molecule has 152 valence electrons. The fraction of sp³-hybridized carbons (Fsp3) is 0.632. The molecule has 1 saturated heterocycles. The fourth-order valence-corrected chi connectivity index (χ4v) is 3.04. The highest BCUT2D eigenvalue weighted by atomic mass is 19.4. The van der Waals surface area contributed by atoms with Crippen LogP contribution in [0.5, 0.6) is 5.75 Å². The van der Waals surface area contributed by atoms with Gasteiger partial charge in [0.05, 0.1) is 0 Å². The maximum absolute atomic E-state index is 12.3. The van der Waals surface area contributed by atoms with Crippen molar-refractivity contribution in [3.8, 4) is 5.75 Å². The molecule has 0 spiro atoms. The fourth-order valence-electron chi connectivity index (χ4n) is 3.04. The Balaban J connectivity index is 1.80. The van der Waals surface area contributed by atoms with Gasteiger partial charge in [-0.15, -0.1) is 0 Å². The maximum Gasteiger partial charge on any atom is 0.422 e. The van der Waals surface area contributed by atoms with Gasteiger partial charge in [-0.3, -0.25) is 4.99 Å². The zero-order valence-electron chi connectivity index (χ0n) is 16.1.